The van der Waals surface area contributed by atoms with Gasteiger partial charge in [0, 0.05) is 38.8 Å². The fourth-order valence-electron chi connectivity index (χ4n) is 3.16. The second-order valence-electron chi connectivity index (χ2n) is 6.07. The van der Waals surface area contributed by atoms with Crippen molar-refractivity contribution in [1.82, 2.24) is 4.90 Å². The highest BCUT2D eigenvalue weighted by Gasteiger charge is 2.14. The SMILES string of the molecule is Nc1cc(OCCN2CCOCC2)ccc1N1CCCCC1.[Cl-].[Cl-].[Cl-].[H+].[H+].[H+]. The Labute approximate surface area is 173 Å². The molecule has 2 fully saturated rings. The van der Waals surface area contributed by atoms with Gasteiger partial charge >= 0.3 is 4.28 Å². The Morgan fingerprint density at radius 3 is 2.32 bits per heavy atom. The second kappa shape index (κ2) is 12.7. The number of nitrogens with zero attached hydrogens (tertiary/aromatic N) is 2. The topological polar surface area (TPSA) is 51.0 Å². The first kappa shape index (κ1) is 24.4. The standard InChI is InChI=1S/C17H27N3O2.3ClH/c18-16-14-15(22-13-10-19-8-11-21-12-9-19)4-5-17(16)20-6-2-1-3-7-20;;;/h4-5,14H,1-3,6-13,18H2;3*1H. The molecule has 2 aliphatic heterocycles. The van der Waals surface area contributed by atoms with E-state index in [0.717, 1.165) is 63.1 Å². The molecule has 25 heavy (non-hydrogen) atoms. The summed E-state index contributed by atoms with van der Waals surface area (Å²) in [6, 6.07) is 6.10. The molecule has 0 atom stereocenters. The molecule has 5 nitrogen and oxygen atoms in total. The van der Waals surface area contributed by atoms with Crippen LogP contribution in [-0.2, 0) is 4.74 Å². The summed E-state index contributed by atoms with van der Waals surface area (Å²) in [5.41, 5.74) is 8.20. The number of anilines is 2. The number of rotatable bonds is 5. The van der Waals surface area contributed by atoms with Gasteiger partial charge in [0.1, 0.15) is 12.4 Å². The maximum absolute atomic E-state index is 6.22. The lowest BCUT2D eigenvalue weighted by Gasteiger charge is -2.30. The van der Waals surface area contributed by atoms with Crippen LogP contribution in [0.15, 0.2) is 18.2 Å². The monoisotopic (exact) mass is 413 g/mol. The molecule has 0 radical (unpaired) electrons. The fourth-order valence-corrected chi connectivity index (χ4v) is 3.16. The lowest BCUT2D eigenvalue weighted by molar-refractivity contribution is -0.00100. The Morgan fingerprint density at radius 1 is 1.00 bits per heavy atom. The van der Waals surface area contributed by atoms with Gasteiger partial charge in [0.15, 0.2) is 0 Å². The normalized spacial score (nSPS) is 17.7. The van der Waals surface area contributed by atoms with Crippen LogP contribution in [0.4, 0.5) is 11.4 Å². The van der Waals surface area contributed by atoms with Gasteiger partial charge in [-0.2, -0.15) is 0 Å². The molecule has 0 saturated carbocycles. The molecule has 0 aliphatic carbocycles. The largest absolute Gasteiger partial charge is 1.00 e. The zero-order valence-electron chi connectivity index (χ0n) is 17.4. The Morgan fingerprint density at radius 2 is 1.68 bits per heavy atom. The van der Waals surface area contributed by atoms with Crippen LogP contribution < -0.4 is 52.6 Å². The van der Waals surface area contributed by atoms with Crippen molar-refractivity contribution in [3.8, 4) is 5.75 Å². The molecule has 0 aromatic heterocycles. The number of morpholine rings is 1. The van der Waals surface area contributed by atoms with E-state index in [1.54, 1.807) is 0 Å². The molecule has 8 heteroatoms. The first-order valence-electron chi connectivity index (χ1n) is 8.40. The number of ether oxygens (including phenoxy) is 2. The zero-order valence-corrected chi connectivity index (χ0v) is 16.7. The van der Waals surface area contributed by atoms with E-state index in [1.807, 2.05) is 12.1 Å². The van der Waals surface area contributed by atoms with Crippen molar-refractivity contribution in [2.24, 2.45) is 0 Å². The Bertz CT molecular complexity index is 496. The maximum atomic E-state index is 6.22. The summed E-state index contributed by atoms with van der Waals surface area (Å²) in [7, 11) is 0. The Hall–Kier alpha value is -0.590. The van der Waals surface area contributed by atoms with Crippen LogP contribution >= 0.6 is 0 Å². The van der Waals surface area contributed by atoms with Crippen molar-refractivity contribution < 1.29 is 51.0 Å². The molecule has 0 unspecified atom stereocenters. The lowest BCUT2D eigenvalue weighted by atomic mass is 10.1. The van der Waals surface area contributed by atoms with Crippen molar-refractivity contribution in [3.63, 3.8) is 0 Å². The van der Waals surface area contributed by atoms with Gasteiger partial charge in [-0.3, -0.25) is 4.90 Å². The molecule has 3 rings (SSSR count). The minimum absolute atomic E-state index is 0. The molecule has 1 aromatic carbocycles. The van der Waals surface area contributed by atoms with E-state index in [1.165, 1.54) is 19.3 Å². The molecular formula is C17H30Cl3N3O2. The predicted molar refractivity (Wildman–Crippen MR) is 93.0 cm³/mol. The van der Waals surface area contributed by atoms with Crippen LogP contribution in [0.3, 0.4) is 0 Å². The lowest BCUT2D eigenvalue weighted by Crippen LogP contribution is -3.00. The fraction of sp³-hybridized carbons (Fsp3) is 0.647. The quantitative estimate of drug-likeness (QED) is 0.486. The van der Waals surface area contributed by atoms with E-state index in [4.69, 9.17) is 15.2 Å². The van der Waals surface area contributed by atoms with Crippen LogP contribution in [0.5, 0.6) is 5.75 Å². The van der Waals surface area contributed by atoms with Crippen LogP contribution in [0.25, 0.3) is 0 Å². The third-order valence-electron chi connectivity index (χ3n) is 4.48. The number of halogens is 3. The molecule has 1 aromatic rings. The van der Waals surface area contributed by atoms with Gasteiger partial charge in [0.2, 0.25) is 0 Å². The average Bonchev–Trinajstić information content (AvgIpc) is 2.57. The molecule has 2 N–H and O–H groups in total. The van der Waals surface area contributed by atoms with Crippen molar-refractivity contribution in [1.29, 1.82) is 0 Å². The van der Waals surface area contributed by atoms with Crippen LogP contribution in [0.2, 0.25) is 0 Å². The number of hydrogen-bond acceptors (Lipinski definition) is 5. The van der Waals surface area contributed by atoms with Gasteiger partial charge in [-0.1, -0.05) is 0 Å². The van der Waals surface area contributed by atoms with E-state index >= 15 is 0 Å². The number of hydrogen-bond donors (Lipinski definition) is 1. The Kier molecular flexibility index (Phi) is 12.4. The molecule has 2 aliphatic rings. The van der Waals surface area contributed by atoms with E-state index in [9.17, 15) is 0 Å². The minimum Gasteiger partial charge on any atom is -1.00 e. The minimum atomic E-state index is 0. The average molecular weight is 415 g/mol. The third-order valence-corrected chi connectivity index (χ3v) is 4.48. The van der Waals surface area contributed by atoms with Crippen LogP contribution in [0.1, 0.15) is 23.5 Å². The van der Waals surface area contributed by atoms with E-state index in [0.29, 0.717) is 6.61 Å². The number of nitrogens with two attached hydrogens (primary N) is 1. The van der Waals surface area contributed by atoms with Crippen LogP contribution in [0, 0.1) is 0 Å². The van der Waals surface area contributed by atoms with Crippen molar-refractivity contribution >= 4 is 11.4 Å². The smallest absolute Gasteiger partial charge is 1.00 e. The first-order chi connectivity index (χ1) is 10.8. The summed E-state index contributed by atoms with van der Waals surface area (Å²) in [5.74, 6) is 0.867. The van der Waals surface area contributed by atoms with Crippen molar-refractivity contribution in [3.05, 3.63) is 18.2 Å². The maximum Gasteiger partial charge on any atom is 1.00 e. The van der Waals surface area contributed by atoms with Crippen molar-refractivity contribution in [2.45, 2.75) is 19.3 Å². The summed E-state index contributed by atoms with van der Waals surface area (Å²) in [4.78, 5) is 4.76. The highest BCUT2D eigenvalue weighted by atomic mass is 35.5. The third kappa shape index (κ3) is 7.27. The number of piperidine rings is 1. The molecule has 146 valence electrons. The van der Waals surface area contributed by atoms with Gasteiger partial charge in [0.05, 0.1) is 24.6 Å². The van der Waals surface area contributed by atoms with E-state index < -0.39 is 0 Å². The first-order valence-corrected chi connectivity index (χ1v) is 8.40. The molecule has 0 spiro atoms. The predicted octanol–water partition coefficient (Wildman–Crippen LogP) is -6.68. The van der Waals surface area contributed by atoms with Gasteiger partial charge in [-0.15, -0.1) is 0 Å². The summed E-state index contributed by atoms with van der Waals surface area (Å²) < 4.78 is 11.2. The van der Waals surface area contributed by atoms with Gasteiger partial charge < -0.3 is 57.3 Å². The number of benzene rings is 1. The molecule has 0 bridgehead atoms. The summed E-state index contributed by atoms with van der Waals surface area (Å²) >= 11 is 0. The summed E-state index contributed by atoms with van der Waals surface area (Å²) in [6.45, 7) is 7.52. The zero-order chi connectivity index (χ0) is 15.2. The van der Waals surface area contributed by atoms with Gasteiger partial charge in [0.25, 0.3) is 0 Å². The van der Waals surface area contributed by atoms with E-state index in [-0.39, 0.29) is 41.5 Å². The van der Waals surface area contributed by atoms with Crippen LogP contribution in [-0.4, -0.2) is 57.4 Å². The number of nitrogen functional groups attached to an aromatic ring is 1. The second-order valence-corrected chi connectivity index (χ2v) is 6.07. The van der Waals surface area contributed by atoms with Gasteiger partial charge in [-0.05, 0) is 31.4 Å². The summed E-state index contributed by atoms with van der Waals surface area (Å²) in [6.07, 6.45) is 3.85. The Balaban J connectivity index is -0.000000480. The highest BCUT2D eigenvalue weighted by Crippen LogP contribution is 2.29. The van der Waals surface area contributed by atoms with Crippen molar-refractivity contribution in [2.75, 3.05) is 63.2 Å². The highest BCUT2D eigenvalue weighted by molar-refractivity contribution is 5.69. The summed E-state index contributed by atoms with van der Waals surface area (Å²) in [5, 5.41) is 0. The molecular weight excluding hydrogens is 385 g/mol. The van der Waals surface area contributed by atoms with Gasteiger partial charge in [-0.25, -0.2) is 0 Å². The molecule has 2 heterocycles. The molecule has 2 saturated heterocycles. The molecule has 0 amide bonds. The van der Waals surface area contributed by atoms with E-state index in [2.05, 4.69) is 15.9 Å².